The zero-order valence-corrected chi connectivity index (χ0v) is 12.7. The first-order valence-electron chi connectivity index (χ1n) is 7.84. The Morgan fingerprint density at radius 1 is 1.22 bits per heavy atom. The molecular weight excluding hydrogens is 288 g/mol. The predicted molar refractivity (Wildman–Crippen MR) is 90.1 cm³/mol. The molecule has 5 nitrogen and oxygen atoms in total. The van der Waals surface area contributed by atoms with Crippen LogP contribution in [0.3, 0.4) is 0 Å². The van der Waals surface area contributed by atoms with E-state index in [1.54, 1.807) is 0 Å². The number of nitrogens with one attached hydrogen (secondary N) is 1. The molecule has 5 heteroatoms. The summed E-state index contributed by atoms with van der Waals surface area (Å²) in [5.41, 5.74) is 9.81. The number of rotatable bonds is 3. The van der Waals surface area contributed by atoms with Crippen LogP contribution in [0, 0.1) is 0 Å². The highest BCUT2D eigenvalue weighted by Gasteiger charge is 2.20. The average Bonchev–Trinajstić information content (AvgIpc) is 2.93. The molecule has 0 atom stereocenters. The van der Waals surface area contributed by atoms with E-state index in [4.69, 9.17) is 5.73 Å². The first-order valence-corrected chi connectivity index (χ1v) is 7.84. The number of carbonyl (C=O) groups is 1. The number of nitrogens with two attached hydrogens (primary N) is 1. The van der Waals surface area contributed by atoms with Gasteiger partial charge in [0.15, 0.2) is 0 Å². The molecule has 1 aliphatic carbocycles. The molecule has 0 saturated heterocycles. The normalized spacial score (nSPS) is 14.6. The fourth-order valence-electron chi connectivity index (χ4n) is 2.78. The van der Waals surface area contributed by atoms with E-state index in [-0.39, 0.29) is 5.91 Å². The van der Waals surface area contributed by atoms with Crippen molar-refractivity contribution in [3.8, 4) is 11.3 Å². The Balaban J connectivity index is 1.65. The molecule has 0 spiro atoms. The van der Waals surface area contributed by atoms with E-state index in [1.165, 1.54) is 6.42 Å². The van der Waals surface area contributed by atoms with Crippen molar-refractivity contribution in [2.24, 2.45) is 0 Å². The molecule has 3 N–H and O–H groups in total. The van der Waals surface area contributed by atoms with Crippen molar-refractivity contribution in [2.45, 2.75) is 25.3 Å². The third kappa shape index (κ3) is 2.65. The van der Waals surface area contributed by atoms with Crippen molar-refractivity contribution in [1.82, 2.24) is 14.7 Å². The molecular formula is C18H18N4O. The van der Waals surface area contributed by atoms with E-state index < -0.39 is 0 Å². The van der Waals surface area contributed by atoms with Gasteiger partial charge in [-0.15, -0.1) is 0 Å². The topological polar surface area (TPSA) is 72.4 Å². The van der Waals surface area contributed by atoms with E-state index in [2.05, 4.69) is 10.3 Å². The van der Waals surface area contributed by atoms with Crippen LogP contribution < -0.4 is 11.1 Å². The predicted octanol–water partition coefficient (Wildman–Crippen LogP) is 2.87. The summed E-state index contributed by atoms with van der Waals surface area (Å²) in [5.74, 6) is -0.0178. The fraction of sp³-hybridized carbons (Fsp3) is 0.222. The minimum atomic E-state index is -0.0178. The van der Waals surface area contributed by atoms with Crippen LogP contribution in [-0.2, 0) is 0 Å². The van der Waals surface area contributed by atoms with Gasteiger partial charge in [-0.3, -0.25) is 4.79 Å². The van der Waals surface area contributed by atoms with Crippen molar-refractivity contribution in [3.05, 3.63) is 54.4 Å². The van der Waals surface area contributed by atoms with Gasteiger partial charge in [-0.1, -0.05) is 12.1 Å². The number of pyridine rings is 1. The number of amides is 1. The number of fused-ring (bicyclic) bond motifs is 1. The van der Waals surface area contributed by atoms with E-state index >= 15 is 0 Å². The Labute approximate surface area is 134 Å². The molecule has 4 rings (SSSR count). The van der Waals surface area contributed by atoms with E-state index in [9.17, 15) is 4.79 Å². The summed E-state index contributed by atoms with van der Waals surface area (Å²) in [7, 11) is 0. The van der Waals surface area contributed by atoms with E-state index in [0.717, 1.165) is 29.7 Å². The maximum atomic E-state index is 12.3. The van der Waals surface area contributed by atoms with Gasteiger partial charge >= 0.3 is 0 Å². The SMILES string of the molecule is Nc1cccc(-c2cn3cc(C(=O)NC4CCC4)ccc3n2)c1. The second kappa shape index (κ2) is 5.43. The number of hydrogen-bond acceptors (Lipinski definition) is 3. The van der Waals surface area contributed by atoms with Gasteiger partial charge in [0, 0.05) is 29.7 Å². The lowest BCUT2D eigenvalue weighted by atomic mass is 9.93. The minimum Gasteiger partial charge on any atom is -0.399 e. The highest BCUT2D eigenvalue weighted by Crippen LogP contribution is 2.22. The van der Waals surface area contributed by atoms with Crippen LogP contribution in [0.5, 0.6) is 0 Å². The summed E-state index contributed by atoms with van der Waals surface area (Å²) in [4.78, 5) is 16.8. The largest absolute Gasteiger partial charge is 0.399 e. The van der Waals surface area contributed by atoms with Gasteiger partial charge in [0.25, 0.3) is 5.91 Å². The number of nitrogens with zero attached hydrogens (tertiary/aromatic N) is 2. The molecule has 2 heterocycles. The van der Waals surface area contributed by atoms with Crippen molar-refractivity contribution in [1.29, 1.82) is 0 Å². The maximum absolute atomic E-state index is 12.3. The zero-order valence-electron chi connectivity index (χ0n) is 12.7. The van der Waals surface area contributed by atoms with Gasteiger partial charge in [0.2, 0.25) is 0 Å². The monoisotopic (exact) mass is 306 g/mol. The number of nitrogen functional groups attached to an aromatic ring is 1. The summed E-state index contributed by atoms with van der Waals surface area (Å²) in [6.07, 6.45) is 7.11. The molecule has 1 aromatic carbocycles. The van der Waals surface area contributed by atoms with E-state index in [0.29, 0.717) is 17.3 Å². The quantitative estimate of drug-likeness (QED) is 0.731. The standard InChI is InChI=1S/C18H18N4O/c19-14-4-1-3-12(9-14)16-11-22-10-13(7-8-17(22)21-16)18(23)20-15-5-2-6-15/h1,3-4,7-11,15H,2,5-6,19H2,(H,20,23). The molecule has 23 heavy (non-hydrogen) atoms. The molecule has 2 aromatic heterocycles. The smallest absolute Gasteiger partial charge is 0.252 e. The van der Waals surface area contributed by atoms with Crippen molar-refractivity contribution < 1.29 is 4.79 Å². The number of aromatic nitrogens is 2. The fourth-order valence-corrected chi connectivity index (χ4v) is 2.78. The first kappa shape index (κ1) is 13.8. The van der Waals surface area contributed by atoms with Gasteiger partial charge in [-0.25, -0.2) is 4.98 Å². The Kier molecular flexibility index (Phi) is 3.26. The van der Waals surface area contributed by atoms with Crippen LogP contribution in [-0.4, -0.2) is 21.3 Å². The molecule has 1 aliphatic rings. The number of hydrogen-bond donors (Lipinski definition) is 2. The van der Waals surface area contributed by atoms with Crippen molar-refractivity contribution in [2.75, 3.05) is 5.73 Å². The number of carbonyl (C=O) groups excluding carboxylic acids is 1. The van der Waals surface area contributed by atoms with Crippen molar-refractivity contribution >= 4 is 17.2 Å². The molecule has 3 aromatic rings. The summed E-state index contributed by atoms with van der Waals surface area (Å²) in [6.45, 7) is 0. The molecule has 0 bridgehead atoms. The van der Waals surface area contributed by atoms with Crippen LogP contribution in [0.1, 0.15) is 29.6 Å². The number of anilines is 1. The molecule has 116 valence electrons. The summed E-state index contributed by atoms with van der Waals surface area (Å²) in [5, 5.41) is 3.05. The third-order valence-corrected chi connectivity index (χ3v) is 4.34. The van der Waals surface area contributed by atoms with Crippen LogP contribution in [0.15, 0.2) is 48.8 Å². The second-order valence-corrected chi connectivity index (χ2v) is 6.04. The van der Waals surface area contributed by atoms with Gasteiger partial charge in [-0.05, 0) is 43.5 Å². The van der Waals surface area contributed by atoms with Crippen molar-refractivity contribution in [3.63, 3.8) is 0 Å². The van der Waals surface area contributed by atoms with Crippen LogP contribution in [0.25, 0.3) is 16.9 Å². The highest BCUT2D eigenvalue weighted by molar-refractivity contribution is 5.94. The number of imidazole rings is 1. The summed E-state index contributed by atoms with van der Waals surface area (Å²) >= 11 is 0. The zero-order chi connectivity index (χ0) is 15.8. The molecule has 0 unspecified atom stereocenters. The molecule has 0 aliphatic heterocycles. The van der Waals surface area contributed by atoms with Gasteiger partial charge < -0.3 is 15.5 Å². The van der Waals surface area contributed by atoms with Crippen LogP contribution in [0.4, 0.5) is 5.69 Å². The average molecular weight is 306 g/mol. The van der Waals surface area contributed by atoms with Crippen LogP contribution >= 0.6 is 0 Å². The summed E-state index contributed by atoms with van der Waals surface area (Å²) in [6, 6.07) is 11.7. The van der Waals surface area contributed by atoms with Gasteiger partial charge in [0.05, 0.1) is 11.3 Å². The molecule has 1 amide bonds. The lowest BCUT2D eigenvalue weighted by Crippen LogP contribution is -2.39. The Hall–Kier alpha value is -2.82. The summed E-state index contributed by atoms with van der Waals surface area (Å²) < 4.78 is 1.88. The maximum Gasteiger partial charge on any atom is 0.252 e. The lowest BCUT2D eigenvalue weighted by molar-refractivity contribution is 0.0916. The third-order valence-electron chi connectivity index (χ3n) is 4.34. The Morgan fingerprint density at radius 2 is 2.09 bits per heavy atom. The minimum absolute atomic E-state index is 0.0178. The Bertz CT molecular complexity index is 880. The Morgan fingerprint density at radius 3 is 2.83 bits per heavy atom. The van der Waals surface area contributed by atoms with Gasteiger partial charge in [0.1, 0.15) is 5.65 Å². The van der Waals surface area contributed by atoms with E-state index in [1.807, 2.05) is 53.2 Å². The lowest BCUT2D eigenvalue weighted by Gasteiger charge is -2.26. The first-order chi connectivity index (χ1) is 11.2. The second-order valence-electron chi connectivity index (χ2n) is 6.04. The number of benzene rings is 1. The van der Waals surface area contributed by atoms with Crippen LogP contribution in [0.2, 0.25) is 0 Å². The molecule has 1 fully saturated rings. The molecule has 0 radical (unpaired) electrons. The molecule has 1 saturated carbocycles. The highest BCUT2D eigenvalue weighted by atomic mass is 16.1. The van der Waals surface area contributed by atoms with Gasteiger partial charge in [-0.2, -0.15) is 0 Å².